The molecular weight excluding hydrogens is 451 g/mol. The van der Waals surface area contributed by atoms with E-state index in [1.807, 2.05) is 13.0 Å². The van der Waals surface area contributed by atoms with Crippen LogP contribution >= 0.6 is 23.2 Å². The van der Waals surface area contributed by atoms with Crippen LogP contribution in [0.25, 0.3) is 6.08 Å². The van der Waals surface area contributed by atoms with Gasteiger partial charge in [0.1, 0.15) is 29.6 Å². The number of Topliss-reactive ketones (excluding diaryl/α,β-unsaturated/α-hetero) is 1. The number of benzene rings is 3. The number of hydrogen-bond donors (Lipinski definition) is 0. The molecule has 0 fully saturated rings. The molecule has 0 radical (unpaired) electrons. The monoisotopic (exact) mass is 470 g/mol. The number of carbonyl (C=O) groups excluding carboxylic acids is 1. The predicted molar refractivity (Wildman–Crippen MR) is 124 cm³/mol. The molecular formula is C25H20Cl2O5. The molecule has 0 unspecified atom stereocenters. The first kappa shape index (κ1) is 22.1. The maximum atomic E-state index is 12.9. The summed E-state index contributed by atoms with van der Waals surface area (Å²) in [7, 11) is 3.14. The van der Waals surface area contributed by atoms with Gasteiger partial charge in [-0.1, -0.05) is 29.3 Å². The summed E-state index contributed by atoms with van der Waals surface area (Å²) in [4.78, 5) is 12.9. The van der Waals surface area contributed by atoms with Crippen LogP contribution in [0, 0.1) is 6.92 Å². The molecule has 164 valence electrons. The Bertz CT molecular complexity index is 1230. The lowest BCUT2D eigenvalue weighted by Crippen LogP contribution is -1.99. The number of hydrogen-bond acceptors (Lipinski definition) is 5. The van der Waals surface area contributed by atoms with Crippen molar-refractivity contribution in [2.75, 3.05) is 14.2 Å². The number of methoxy groups -OCH3 is 2. The Morgan fingerprint density at radius 1 is 0.969 bits per heavy atom. The van der Waals surface area contributed by atoms with Gasteiger partial charge in [0.25, 0.3) is 0 Å². The van der Waals surface area contributed by atoms with Crippen LogP contribution in [-0.4, -0.2) is 20.0 Å². The Balaban J connectivity index is 1.60. The molecule has 0 atom stereocenters. The fraction of sp³-hybridized carbons (Fsp3) is 0.160. The van der Waals surface area contributed by atoms with Crippen molar-refractivity contribution in [3.8, 4) is 23.0 Å². The second-order valence-corrected chi connectivity index (χ2v) is 7.98. The second-order valence-electron chi connectivity index (χ2n) is 7.14. The van der Waals surface area contributed by atoms with Crippen LogP contribution in [0.5, 0.6) is 23.0 Å². The molecule has 3 aromatic rings. The van der Waals surface area contributed by atoms with E-state index in [0.29, 0.717) is 44.2 Å². The molecule has 0 bridgehead atoms. The number of ketones is 1. The van der Waals surface area contributed by atoms with E-state index in [0.717, 1.165) is 11.1 Å². The summed E-state index contributed by atoms with van der Waals surface area (Å²) < 4.78 is 22.6. The summed E-state index contributed by atoms with van der Waals surface area (Å²) in [5.41, 5.74) is 2.68. The highest BCUT2D eigenvalue weighted by Gasteiger charge is 2.30. The number of ether oxygens (including phenoxy) is 4. The van der Waals surface area contributed by atoms with Gasteiger partial charge in [-0.25, -0.2) is 0 Å². The number of halogens is 2. The highest BCUT2D eigenvalue weighted by atomic mass is 35.5. The Hall–Kier alpha value is -3.15. The van der Waals surface area contributed by atoms with Gasteiger partial charge >= 0.3 is 0 Å². The first-order valence-corrected chi connectivity index (χ1v) is 10.5. The summed E-state index contributed by atoms with van der Waals surface area (Å²) in [6.45, 7) is 2.10. The first-order valence-electron chi connectivity index (χ1n) is 9.78. The van der Waals surface area contributed by atoms with E-state index in [-0.39, 0.29) is 18.1 Å². The molecule has 0 amide bonds. The van der Waals surface area contributed by atoms with Gasteiger partial charge in [-0.05, 0) is 55.5 Å². The smallest absolute Gasteiger partial charge is 0.231 e. The summed E-state index contributed by atoms with van der Waals surface area (Å²) >= 11 is 12.2. The molecule has 0 saturated heterocycles. The molecule has 0 aromatic heterocycles. The third-order valence-electron chi connectivity index (χ3n) is 5.16. The Labute approximate surface area is 196 Å². The van der Waals surface area contributed by atoms with Crippen molar-refractivity contribution < 1.29 is 23.7 Å². The fourth-order valence-electron chi connectivity index (χ4n) is 3.41. The third kappa shape index (κ3) is 4.27. The van der Waals surface area contributed by atoms with Gasteiger partial charge in [-0.15, -0.1) is 0 Å². The Morgan fingerprint density at radius 2 is 1.75 bits per heavy atom. The predicted octanol–water partition coefficient (Wildman–Crippen LogP) is 6.51. The Kier molecular flexibility index (Phi) is 6.31. The van der Waals surface area contributed by atoms with Crippen molar-refractivity contribution in [3.05, 3.63) is 86.6 Å². The summed E-state index contributed by atoms with van der Waals surface area (Å²) in [5, 5.41) is 1.09. The number of carbonyl (C=O) groups is 1. The highest BCUT2D eigenvalue weighted by molar-refractivity contribution is 6.35. The molecule has 0 aliphatic carbocycles. The van der Waals surface area contributed by atoms with Gasteiger partial charge < -0.3 is 18.9 Å². The van der Waals surface area contributed by atoms with E-state index in [1.54, 1.807) is 62.8 Å². The minimum Gasteiger partial charge on any atom is -0.497 e. The standard InChI is InChI=1S/C25H20Cl2O5/c1-14-21(31-13-15-4-5-17(26)12-20(15)27)9-7-19-24(28)23(32-25(14)19)11-16-10-18(29-2)6-8-22(16)30-3/h4-12H,13H2,1-3H3/b23-11-. The molecule has 1 aliphatic heterocycles. The summed E-state index contributed by atoms with van der Waals surface area (Å²) in [5.74, 6) is 2.32. The van der Waals surface area contributed by atoms with Gasteiger partial charge in [0.15, 0.2) is 5.76 Å². The minimum atomic E-state index is -0.208. The lowest BCUT2D eigenvalue weighted by atomic mass is 10.1. The highest BCUT2D eigenvalue weighted by Crippen LogP contribution is 2.40. The molecule has 4 rings (SSSR count). The molecule has 1 aliphatic rings. The molecule has 0 saturated carbocycles. The van der Waals surface area contributed by atoms with Crippen LogP contribution in [0.4, 0.5) is 0 Å². The van der Waals surface area contributed by atoms with Crippen molar-refractivity contribution in [1.29, 1.82) is 0 Å². The number of rotatable bonds is 6. The van der Waals surface area contributed by atoms with E-state index in [9.17, 15) is 4.79 Å². The van der Waals surface area contributed by atoms with Crippen LogP contribution in [0.2, 0.25) is 10.0 Å². The van der Waals surface area contributed by atoms with Crippen molar-refractivity contribution in [2.24, 2.45) is 0 Å². The van der Waals surface area contributed by atoms with E-state index in [4.69, 9.17) is 42.1 Å². The zero-order valence-electron chi connectivity index (χ0n) is 17.7. The van der Waals surface area contributed by atoms with E-state index < -0.39 is 0 Å². The maximum Gasteiger partial charge on any atom is 0.231 e. The first-order chi connectivity index (χ1) is 15.4. The SMILES string of the molecule is COc1ccc(OC)c(/C=C2\Oc3c(ccc(OCc4ccc(Cl)cc4Cl)c3C)C2=O)c1. The molecule has 7 heteroatoms. The Morgan fingerprint density at radius 3 is 2.47 bits per heavy atom. The summed E-state index contributed by atoms with van der Waals surface area (Å²) in [6, 6.07) is 14.0. The molecule has 0 spiro atoms. The quantitative estimate of drug-likeness (QED) is 0.384. The number of allylic oxidation sites excluding steroid dienone is 1. The van der Waals surface area contributed by atoms with Gasteiger partial charge in [-0.3, -0.25) is 4.79 Å². The average molecular weight is 471 g/mol. The minimum absolute atomic E-state index is 0.201. The maximum absolute atomic E-state index is 12.9. The zero-order chi connectivity index (χ0) is 22.8. The van der Waals surface area contributed by atoms with Crippen molar-refractivity contribution in [2.45, 2.75) is 13.5 Å². The molecule has 1 heterocycles. The van der Waals surface area contributed by atoms with Crippen LogP contribution < -0.4 is 18.9 Å². The second kappa shape index (κ2) is 9.15. The molecule has 0 N–H and O–H groups in total. The van der Waals surface area contributed by atoms with Gasteiger partial charge in [0.2, 0.25) is 5.78 Å². The molecule has 5 nitrogen and oxygen atoms in total. The van der Waals surface area contributed by atoms with Crippen LogP contribution in [0.1, 0.15) is 27.0 Å². The van der Waals surface area contributed by atoms with Crippen LogP contribution in [-0.2, 0) is 6.61 Å². The molecule has 32 heavy (non-hydrogen) atoms. The van der Waals surface area contributed by atoms with Gasteiger partial charge in [-0.2, -0.15) is 0 Å². The van der Waals surface area contributed by atoms with Crippen LogP contribution in [0.3, 0.4) is 0 Å². The lowest BCUT2D eigenvalue weighted by molar-refractivity contribution is 0.101. The zero-order valence-corrected chi connectivity index (χ0v) is 19.2. The van der Waals surface area contributed by atoms with Crippen molar-refractivity contribution in [1.82, 2.24) is 0 Å². The summed E-state index contributed by atoms with van der Waals surface area (Å²) in [6.07, 6.45) is 1.65. The average Bonchev–Trinajstić information content (AvgIpc) is 3.10. The lowest BCUT2D eigenvalue weighted by Gasteiger charge is -2.12. The van der Waals surface area contributed by atoms with E-state index in [1.165, 1.54) is 0 Å². The van der Waals surface area contributed by atoms with Gasteiger partial charge in [0.05, 0.1) is 19.8 Å². The fourth-order valence-corrected chi connectivity index (χ4v) is 3.88. The van der Waals surface area contributed by atoms with Crippen molar-refractivity contribution >= 4 is 35.1 Å². The third-order valence-corrected chi connectivity index (χ3v) is 5.75. The largest absolute Gasteiger partial charge is 0.497 e. The van der Waals surface area contributed by atoms with Gasteiger partial charge in [0, 0.05) is 26.7 Å². The van der Waals surface area contributed by atoms with Crippen LogP contribution in [0.15, 0.2) is 54.3 Å². The molecule has 3 aromatic carbocycles. The van der Waals surface area contributed by atoms with Crippen molar-refractivity contribution in [3.63, 3.8) is 0 Å². The van der Waals surface area contributed by atoms with E-state index >= 15 is 0 Å². The normalized spacial score (nSPS) is 13.7. The topological polar surface area (TPSA) is 54.0 Å². The van der Waals surface area contributed by atoms with E-state index in [2.05, 4.69) is 0 Å². The number of fused-ring (bicyclic) bond motifs is 1.